The first-order chi connectivity index (χ1) is 8.50. The molecule has 5 heteroatoms. The fourth-order valence-electron chi connectivity index (χ4n) is 2.24. The van der Waals surface area contributed by atoms with Crippen LogP contribution in [0.2, 0.25) is 0 Å². The average Bonchev–Trinajstić information content (AvgIpc) is 2.31. The van der Waals surface area contributed by atoms with Gasteiger partial charge in [-0.15, -0.1) is 0 Å². The highest BCUT2D eigenvalue weighted by molar-refractivity contribution is 6.35. The van der Waals surface area contributed by atoms with Crippen LogP contribution in [0.1, 0.15) is 32.6 Å². The second-order valence-corrected chi connectivity index (χ2v) is 5.40. The lowest BCUT2D eigenvalue weighted by Gasteiger charge is -2.29. The van der Waals surface area contributed by atoms with Crippen LogP contribution in [0.3, 0.4) is 0 Å². The molecule has 1 saturated carbocycles. The van der Waals surface area contributed by atoms with Crippen LogP contribution in [0, 0.1) is 5.92 Å². The maximum absolute atomic E-state index is 11.7. The zero-order valence-electron chi connectivity index (χ0n) is 11.7. The van der Waals surface area contributed by atoms with Crippen LogP contribution in [0.25, 0.3) is 0 Å². The molecule has 1 aliphatic rings. The van der Waals surface area contributed by atoms with Crippen molar-refractivity contribution in [1.29, 1.82) is 0 Å². The van der Waals surface area contributed by atoms with Crippen molar-refractivity contribution in [3.63, 3.8) is 0 Å². The number of hydrogen-bond donors (Lipinski definition) is 2. The molecule has 0 bridgehead atoms. The van der Waals surface area contributed by atoms with Crippen LogP contribution in [-0.4, -0.2) is 49.9 Å². The van der Waals surface area contributed by atoms with Crippen molar-refractivity contribution in [2.45, 2.75) is 38.6 Å². The number of rotatable bonds is 4. The van der Waals surface area contributed by atoms with Crippen molar-refractivity contribution >= 4 is 11.8 Å². The molecule has 0 unspecified atom stereocenters. The minimum atomic E-state index is -0.519. The van der Waals surface area contributed by atoms with Gasteiger partial charge in [0.25, 0.3) is 0 Å². The standard InChI is InChI=1S/C13H25N3O2/c1-10-6-4-5-7-11(10)15-13(18)12(17)14-8-9-16(2)3/h10-11H,4-9H2,1-3H3,(H,14,17)(H,15,18)/t10-,11+/m1/s1. The third-order valence-corrected chi connectivity index (χ3v) is 3.48. The Labute approximate surface area is 109 Å². The fraction of sp³-hybridized carbons (Fsp3) is 0.846. The lowest BCUT2D eigenvalue weighted by atomic mass is 9.86. The lowest BCUT2D eigenvalue weighted by molar-refractivity contribution is -0.140. The molecule has 0 spiro atoms. The maximum Gasteiger partial charge on any atom is 0.309 e. The maximum atomic E-state index is 11.7. The van der Waals surface area contributed by atoms with E-state index in [-0.39, 0.29) is 6.04 Å². The topological polar surface area (TPSA) is 61.4 Å². The van der Waals surface area contributed by atoms with Gasteiger partial charge in [0.05, 0.1) is 0 Å². The van der Waals surface area contributed by atoms with E-state index in [1.54, 1.807) is 0 Å². The predicted octanol–water partition coefficient (Wildman–Crippen LogP) is 0.359. The number of carbonyl (C=O) groups is 2. The molecular weight excluding hydrogens is 230 g/mol. The highest BCUT2D eigenvalue weighted by Crippen LogP contribution is 2.23. The van der Waals surface area contributed by atoms with Crippen molar-refractivity contribution in [1.82, 2.24) is 15.5 Å². The number of nitrogens with one attached hydrogen (secondary N) is 2. The Morgan fingerprint density at radius 1 is 1.17 bits per heavy atom. The molecule has 18 heavy (non-hydrogen) atoms. The third kappa shape index (κ3) is 5.04. The minimum absolute atomic E-state index is 0.158. The van der Waals surface area contributed by atoms with Crippen LogP contribution in [-0.2, 0) is 9.59 Å². The zero-order valence-corrected chi connectivity index (χ0v) is 11.7. The highest BCUT2D eigenvalue weighted by atomic mass is 16.2. The smallest absolute Gasteiger partial charge is 0.309 e. The SMILES string of the molecule is C[C@@H]1CCCC[C@@H]1NC(=O)C(=O)NCCN(C)C. The Hall–Kier alpha value is -1.10. The van der Waals surface area contributed by atoms with E-state index in [4.69, 9.17) is 0 Å². The van der Waals surface area contributed by atoms with Gasteiger partial charge in [-0.05, 0) is 32.9 Å². The lowest BCUT2D eigenvalue weighted by Crippen LogP contribution is -2.48. The molecule has 2 N–H and O–H groups in total. The summed E-state index contributed by atoms with van der Waals surface area (Å²) in [4.78, 5) is 25.2. The van der Waals surface area contributed by atoms with Gasteiger partial charge < -0.3 is 15.5 Å². The molecule has 0 aromatic heterocycles. The number of amides is 2. The highest BCUT2D eigenvalue weighted by Gasteiger charge is 2.25. The molecule has 0 aromatic rings. The van der Waals surface area contributed by atoms with Gasteiger partial charge in [0, 0.05) is 19.1 Å². The number of nitrogens with zero attached hydrogens (tertiary/aromatic N) is 1. The molecule has 5 nitrogen and oxygen atoms in total. The predicted molar refractivity (Wildman–Crippen MR) is 71.1 cm³/mol. The second-order valence-electron chi connectivity index (χ2n) is 5.40. The summed E-state index contributed by atoms with van der Waals surface area (Å²) >= 11 is 0. The van der Waals surface area contributed by atoms with E-state index in [0.717, 1.165) is 25.8 Å². The van der Waals surface area contributed by atoms with Crippen LogP contribution in [0.15, 0.2) is 0 Å². The molecule has 0 aromatic carbocycles. The van der Waals surface area contributed by atoms with Crippen molar-refractivity contribution in [3.05, 3.63) is 0 Å². The van der Waals surface area contributed by atoms with E-state index in [0.29, 0.717) is 12.5 Å². The third-order valence-electron chi connectivity index (χ3n) is 3.48. The normalized spacial score (nSPS) is 23.8. The molecule has 2 atom stereocenters. The fourth-order valence-corrected chi connectivity index (χ4v) is 2.24. The summed E-state index contributed by atoms with van der Waals surface area (Å²) < 4.78 is 0. The van der Waals surface area contributed by atoms with Crippen LogP contribution in [0.4, 0.5) is 0 Å². The van der Waals surface area contributed by atoms with Crippen molar-refractivity contribution in [2.75, 3.05) is 27.2 Å². The quantitative estimate of drug-likeness (QED) is 0.713. The van der Waals surface area contributed by atoms with Crippen LogP contribution in [0.5, 0.6) is 0 Å². The molecule has 0 radical (unpaired) electrons. The Balaban J connectivity index is 2.28. The molecule has 1 rings (SSSR count). The van der Waals surface area contributed by atoms with Crippen LogP contribution >= 0.6 is 0 Å². The molecule has 0 saturated heterocycles. The largest absolute Gasteiger partial charge is 0.347 e. The summed E-state index contributed by atoms with van der Waals surface area (Å²) in [6.07, 6.45) is 4.48. The van der Waals surface area contributed by atoms with E-state index in [2.05, 4.69) is 17.6 Å². The van der Waals surface area contributed by atoms with E-state index >= 15 is 0 Å². The Kier molecular flexibility index (Phi) is 6.12. The molecule has 0 heterocycles. The summed E-state index contributed by atoms with van der Waals surface area (Å²) in [5.74, 6) is -0.542. The van der Waals surface area contributed by atoms with E-state index in [9.17, 15) is 9.59 Å². The Morgan fingerprint density at radius 2 is 1.83 bits per heavy atom. The Morgan fingerprint density at radius 3 is 2.44 bits per heavy atom. The first kappa shape index (κ1) is 15.0. The Bertz CT molecular complexity index is 292. The summed E-state index contributed by atoms with van der Waals surface area (Å²) in [5, 5.41) is 5.47. The van der Waals surface area contributed by atoms with Crippen molar-refractivity contribution in [2.24, 2.45) is 5.92 Å². The number of carbonyl (C=O) groups excluding carboxylic acids is 2. The van der Waals surface area contributed by atoms with Gasteiger partial charge in [0.1, 0.15) is 0 Å². The van der Waals surface area contributed by atoms with E-state index < -0.39 is 11.8 Å². The summed E-state index contributed by atoms with van der Waals surface area (Å²) in [7, 11) is 3.85. The van der Waals surface area contributed by atoms with Crippen molar-refractivity contribution < 1.29 is 9.59 Å². The monoisotopic (exact) mass is 255 g/mol. The molecule has 0 aliphatic heterocycles. The molecular formula is C13H25N3O2. The first-order valence-electron chi connectivity index (χ1n) is 6.74. The molecule has 2 amide bonds. The van der Waals surface area contributed by atoms with E-state index in [1.165, 1.54) is 6.42 Å². The van der Waals surface area contributed by atoms with Gasteiger partial charge in [-0.2, -0.15) is 0 Å². The summed E-state index contributed by atoms with van der Waals surface area (Å²) in [6, 6.07) is 0.158. The first-order valence-corrected chi connectivity index (χ1v) is 6.74. The second kappa shape index (κ2) is 7.36. The number of likely N-dealkylation sites (N-methyl/N-ethyl adjacent to an activating group) is 1. The van der Waals surface area contributed by atoms with Gasteiger partial charge in [0.2, 0.25) is 0 Å². The van der Waals surface area contributed by atoms with Gasteiger partial charge in [-0.3, -0.25) is 9.59 Å². The van der Waals surface area contributed by atoms with E-state index in [1.807, 2.05) is 19.0 Å². The minimum Gasteiger partial charge on any atom is -0.347 e. The molecule has 1 fully saturated rings. The van der Waals surface area contributed by atoms with Crippen molar-refractivity contribution in [3.8, 4) is 0 Å². The molecule has 104 valence electrons. The average molecular weight is 255 g/mol. The summed E-state index contributed by atoms with van der Waals surface area (Å²) in [5.41, 5.74) is 0. The van der Waals surface area contributed by atoms with Gasteiger partial charge in [-0.25, -0.2) is 0 Å². The van der Waals surface area contributed by atoms with Crippen LogP contribution < -0.4 is 10.6 Å². The zero-order chi connectivity index (χ0) is 13.5. The van der Waals surface area contributed by atoms with Gasteiger partial charge in [-0.1, -0.05) is 19.8 Å². The van der Waals surface area contributed by atoms with Gasteiger partial charge >= 0.3 is 11.8 Å². The number of hydrogen-bond acceptors (Lipinski definition) is 3. The summed E-state index contributed by atoms with van der Waals surface area (Å²) in [6.45, 7) is 3.37. The molecule has 1 aliphatic carbocycles. The van der Waals surface area contributed by atoms with Gasteiger partial charge in [0.15, 0.2) is 0 Å².